The molecule has 1 amide bonds. The van der Waals surface area contributed by atoms with Crippen LogP contribution in [0.25, 0.3) is 10.9 Å². The molecular weight excluding hydrogens is 401 g/mol. The molecule has 0 aliphatic carbocycles. The highest BCUT2D eigenvalue weighted by Gasteiger charge is 2.31. The van der Waals surface area contributed by atoms with Gasteiger partial charge in [-0.15, -0.1) is 11.8 Å². The van der Waals surface area contributed by atoms with Crippen LogP contribution < -0.4 is 5.32 Å². The Bertz CT molecular complexity index is 1070. The van der Waals surface area contributed by atoms with Crippen molar-refractivity contribution >= 4 is 28.6 Å². The fourth-order valence-electron chi connectivity index (χ4n) is 3.02. The molecule has 152 valence electrons. The highest BCUT2D eigenvalue weighted by atomic mass is 32.2. The van der Waals surface area contributed by atoms with Gasteiger partial charge in [-0.2, -0.15) is 13.2 Å². The molecule has 0 bridgehead atoms. The number of aromatic hydroxyl groups is 1. The van der Waals surface area contributed by atoms with Crippen molar-refractivity contribution in [3.8, 4) is 5.75 Å². The molecule has 2 N–H and O–H groups in total. The van der Waals surface area contributed by atoms with Crippen molar-refractivity contribution < 1.29 is 23.1 Å². The second kappa shape index (κ2) is 8.32. The number of nitrogens with one attached hydrogen (secondary N) is 1. The zero-order valence-electron chi connectivity index (χ0n) is 15.8. The number of carbonyl (C=O) groups excluding carboxylic acids is 1. The lowest BCUT2D eigenvalue weighted by atomic mass is 10.0. The lowest BCUT2D eigenvalue weighted by molar-refractivity contribution is -0.137. The van der Waals surface area contributed by atoms with Crippen LogP contribution in [0, 0.1) is 6.92 Å². The molecule has 0 saturated carbocycles. The molecule has 0 spiro atoms. The molecule has 29 heavy (non-hydrogen) atoms. The van der Waals surface area contributed by atoms with Gasteiger partial charge in [-0.25, -0.2) is 4.98 Å². The number of aromatic nitrogens is 1. The third kappa shape index (κ3) is 4.64. The van der Waals surface area contributed by atoms with E-state index in [1.54, 1.807) is 25.1 Å². The molecule has 0 unspecified atom stereocenters. The van der Waals surface area contributed by atoms with Gasteiger partial charge in [-0.3, -0.25) is 4.79 Å². The van der Waals surface area contributed by atoms with Crippen LogP contribution in [-0.4, -0.2) is 21.8 Å². The third-order valence-corrected chi connectivity index (χ3v) is 5.27. The van der Waals surface area contributed by atoms with Gasteiger partial charge in [0.1, 0.15) is 10.8 Å². The monoisotopic (exact) mass is 420 g/mol. The number of fused-ring (bicyclic) bond motifs is 1. The topological polar surface area (TPSA) is 62.2 Å². The molecule has 0 radical (unpaired) electrons. The Hall–Kier alpha value is -2.74. The number of phenolic OH excluding ortho intramolecular Hbond substituents is 1. The Morgan fingerprint density at radius 1 is 1.21 bits per heavy atom. The molecule has 0 saturated heterocycles. The van der Waals surface area contributed by atoms with Crippen LogP contribution in [-0.2, 0) is 12.7 Å². The number of rotatable bonds is 5. The van der Waals surface area contributed by atoms with Crippen molar-refractivity contribution in [1.29, 1.82) is 0 Å². The van der Waals surface area contributed by atoms with E-state index in [-0.39, 0.29) is 23.7 Å². The summed E-state index contributed by atoms with van der Waals surface area (Å²) >= 11 is 1.30. The zero-order chi connectivity index (χ0) is 21.2. The Labute approximate surface area is 170 Å². The first-order chi connectivity index (χ1) is 13.7. The number of alkyl halides is 3. The summed E-state index contributed by atoms with van der Waals surface area (Å²) in [4.78, 5) is 17.2. The summed E-state index contributed by atoms with van der Waals surface area (Å²) in [5.74, 6) is 0.350. The van der Waals surface area contributed by atoms with Crippen molar-refractivity contribution in [3.63, 3.8) is 0 Å². The smallest absolute Gasteiger partial charge is 0.416 e. The fourth-order valence-corrected chi connectivity index (χ4v) is 3.85. The van der Waals surface area contributed by atoms with Crippen molar-refractivity contribution in [2.75, 3.05) is 5.75 Å². The number of thioether (sulfide) groups is 1. The maximum atomic E-state index is 13.0. The van der Waals surface area contributed by atoms with E-state index in [1.807, 2.05) is 6.92 Å². The van der Waals surface area contributed by atoms with Gasteiger partial charge in [-0.05, 0) is 48.1 Å². The van der Waals surface area contributed by atoms with E-state index in [1.165, 1.54) is 23.9 Å². The predicted octanol–water partition coefficient (Wildman–Crippen LogP) is 5.31. The molecule has 0 aliphatic heterocycles. The molecule has 1 aromatic heterocycles. The summed E-state index contributed by atoms with van der Waals surface area (Å²) in [6.07, 6.45) is -4.46. The van der Waals surface area contributed by atoms with Crippen LogP contribution >= 0.6 is 11.8 Å². The summed E-state index contributed by atoms with van der Waals surface area (Å²) in [5.41, 5.74) is 1.09. The maximum absolute atomic E-state index is 13.0. The minimum atomic E-state index is -4.46. The maximum Gasteiger partial charge on any atom is 0.416 e. The minimum Gasteiger partial charge on any atom is -0.508 e. The normalized spacial score (nSPS) is 11.6. The molecule has 3 aromatic rings. The lowest BCUT2D eigenvalue weighted by Crippen LogP contribution is -2.25. The van der Waals surface area contributed by atoms with E-state index in [2.05, 4.69) is 10.3 Å². The number of nitrogens with zero attached hydrogens (tertiary/aromatic N) is 1. The van der Waals surface area contributed by atoms with E-state index in [0.29, 0.717) is 27.3 Å². The predicted molar refractivity (Wildman–Crippen MR) is 107 cm³/mol. The van der Waals surface area contributed by atoms with Crippen molar-refractivity contribution in [2.45, 2.75) is 31.6 Å². The number of carbonyl (C=O) groups is 1. The number of amides is 1. The lowest BCUT2D eigenvalue weighted by Gasteiger charge is -2.15. The summed E-state index contributed by atoms with van der Waals surface area (Å²) in [5, 5.41) is 13.2. The molecule has 0 aliphatic rings. The highest BCUT2D eigenvalue weighted by Crippen LogP contribution is 2.34. The molecular formula is C21H19F3N2O2S. The van der Waals surface area contributed by atoms with Crippen molar-refractivity contribution in [3.05, 3.63) is 64.7 Å². The van der Waals surface area contributed by atoms with Gasteiger partial charge in [0.15, 0.2) is 0 Å². The Morgan fingerprint density at radius 3 is 2.62 bits per heavy atom. The number of benzene rings is 2. The van der Waals surface area contributed by atoms with Gasteiger partial charge < -0.3 is 10.4 Å². The first-order valence-electron chi connectivity index (χ1n) is 8.91. The third-order valence-electron chi connectivity index (χ3n) is 4.41. The van der Waals surface area contributed by atoms with Crippen molar-refractivity contribution in [1.82, 2.24) is 10.3 Å². The largest absolute Gasteiger partial charge is 0.508 e. The van der Waals surface area contributed by atoms with Gasteiger partial charge >= 0.3 is 6.18 Å². The van der Waals surface area contributed by atoms with Gasteiger partial charge in [0, 0.05) is 11.9 Å². The molecule has 8 heteroatoms. The standard InChI is InChI=1S/C21H19F3N2O2S/c1-3-29-20-18(19(28)25-11-13-5-4-6-15(27)9-13)12(2)16-8-7-14(21(22,23)24)10-17(16)26-20/h4-10,27H,3,11H2,1-2H3,(H,25,28). The second-order valence-electron chi connectivity index (χ2n) is 6.43. The minimum absolute atomic E-state index is 0.1000. The Balaban J connectivity index is 2.00. The van der Waals surface area contributed by atoms with Gasteiger partial charge in [-0.1, -0.05) is 25.1 Å². The van der Waals surface area contributed by atoms with Crippen LogP contribution in [0.15, 0.2) is 47.5 Å². The van der Waals surface area contributed by atoms with Crippen LogP contribution in [0.5, 0.6) is 5.75 Å². The van der Waals surface area contributed by atoms with Gasteiger partial charge in [0.05, 0.1) is 16.6 Å². The Kier molecular flexibility index (Phi) is 6.02. The van der Waals surface area contributed by atoms with E-state index < -0.39 is 11.7 Å². The first kappa shape index (κ1) is 21.0. The van der Waals surface area contributed by atoms with Crippen LogP contribution in [0.2, 0.25) is 0 Å². The number of hydrogen-bond acceptors (Lipinski definition) is 4. The molecule has 3 rings (SSSR count). The van der Waals surface area contributed by atoms with Crippen LogP contribution in [0.3, 0.4) is 0 Å². The summed E-state index contributed by atoms with van der Waals surface area (Å²) in [7, 11) is 0. The molecule has 0 fully saturated rings. The summed E-state index contributed by atoms with van der Waals surface area (Å²) in [6, 6.07) is 9.89. The number of phenols is 1. The molecule has 0 atom stereocenters. The fraction of sp³-hybridized carbons (Fsp3) is 0.238. The van der Waals surface area contributed by atoms with Crippen LogP contribution in [0.1, 0.15) is 34.0 Å². The van der Waals surface area contributed by atoms with E-state index in [4.69, 9.17) is 0 Å². The van der Waals surface area contributed by atoms with Crippen molar-refractivity contribution in [2.24, 2.45) is 0 Å². The van der Waals surface area contributed by atoms with Gasteiger partial charge in [0.25, 0.3) is 5.91 Å². The van der Waals surface area contributed by atoms with Gasteiger partial charge in [0.2, 0.25) is 0 Å². The molecule has 4 nitrogen and oxygen atoms in total. The SMILES string of the molecule is CCSc1nc2cc(C(F)(F)F)ccc2c(C)c1C(=O)NCc1cccc(O)c1. The average Bonchev–Trinajstić information content (AvgIpc) is 2.65. The summed E-state index contributed by atoms with van der Waals surface area (Å²) in [6.45, 7) is 3.79. The first-order valence-corrected chi connectivity index (χ1v) is 9.89. The highest BCUT2D eigenvalue weighted by molar-refractivity contribution is 7.99. The molecule has 2 aromatic carbocycles. The number of hydrogen-bond donors (Lipinski definition) is 2. The Morgan fingerprint density at radius 2 is 1.97 bits per heavy atom. The number of aryl methyl sites for hydroxylation is 1. The van der Waals surface area contributed by atoms with Crippen LogP contribution in [0.4, 0.5) is 13.2 Å². The van der Waals surface area contributed by atoms with E-state index in [9.17, 15) is 23.1 Å². The average molecular weight is 420 g/mol. The van der Waals surface area contributed by atoms with E-state index >= 15 is 0 Å². The number of pyridine rings is 1. The summed E-state index contributed by atoms with van der Waals surface area (Å²) < 4.78 is 39.1. The zero-order valence-corrected chi connectivity index (χ0v) is 16.6. The second-order valence-corrected chi connectivity index (χ2v) is 7.68. The van der Waals surface area contributed by atoms with E-state index in [0.717, 1.165) is 17.7 Å². The molecule has 1 heterocycles. The number of halogens is 3. The quantitative estimate of drug-likeness (QED) is 0.549.